The summed E-state index contributed by atoms with van der Waals surface area (Å²) in [4.78, 5) is 22.5. The minimum atomic E-state index is -0.122. The molecule has 0 rings (SSSR count). The first-order chi connectivity index (χ1) is 9.70. The quantitative estimate of drug-likeness (QED) is 0.339. The lowest BCUT2D eigenvalue weighted by molar-refractivity contribution is -0.140. The standard InChI is InChI=1S/C17H32O3/c1-3-4-5-7-10-13-16(18)14-11-8-6-9-12-15-17(19)20-2/h3-15H2,1-2H3. The van der Waals surface area contributed by atoms with Gasteiger partial charge in [0.15, 0.2) is 0 Å². The molecule has 0 bridgehead atoms. The summed E-state index contributed by atoms with van der Waals surface area (Å²) in [5.74, 6) is 0.305. The Hall–Kier alpha value is -0.860. The molecule has 0 amide bonds. The van der Waals surface area contributed by atoms with Crippen molar-refractivity contribution in [2.24, 2.45) is 0 Å². The summed E-state index contributed by atoms with van der Waals surface area (Å²) in [7, 11) is 1.43. The Morgan fingerprint density at radius 1 is 0.700 bits per heavy atom. The van der Waals surface area contributed by atoms with E-state index in [2.05, 4.69) is 11.7 Å². The van der Waals surface area contributed by atoms with Crippen molar-refractivity contribution in [3.8, 4) is 0 Å². The van der Waals surface area contributed by atoms with Gasteiger partial charge in [0.05, 0.1) is 7.11 Å². The number of hydrogen-bond acceptors (Lipinski definition) is 3. The SMILES string of the molecule is CCCCCCCC(=O)CCCCCCCC(=O)OC. The third-order valence-electron chi connectivity index (χ3n) is 3.62. The van der Waals surface area contributed by atoms with Crippen LogP contribution in [0.2, 0.25) is 0 Å². The number of Topliss-reactive ketones (excluding diaryl/α,β-unsaturated/α-hetero) is 1. The molecule has 0 aromatic heterocycles. The molecule has 0 spiro atoms. The van der Waals surface area contributed by atoms with E-state index in [9.17, 15) is 9.59 Å². The monoisotopic (exact) mass is 284 g/mol. The predicted molar refractivity (Wildman–Crippen MR) is 82.7 cm³/mol. The molecule has 0 saturated heterocycles. The number of carbonyl (C=O) groups excluding carboxylic acids is 2. The van der Waals surface area contributed by atoms with Gasteiger partial charge in [0.2, 0.25) is 0 Å². The van der Waals surface area contributed by atoms with Gasteiger partial charge in [0.1, 0.15) is 5.78 Å². The van der Waals surface area contributed by atoms with Crippen molar-refractivity contribution in [3.05, 3.63) is 0 Å². The van der Waals surface area contributed by atoms with Crippen molar-refractivity contribution in [3.63, 3.8) is 0 Å². The number of rotatable bonds is 14. The molecular formula is C17H32O3. The van der Waals surface area contributed by atoms with Crippen LogP contribution in [0.15, 0.2) is 0 Å². The largest absolute Gasteiger partial charge is 0.469 e. The van der Waals surface area contributed by atoms with Crippen LogP contribution in [0, 0.1) is 0 Å². The van der Waals surface area contributed by atoms with Crippen molar-refractivity contribution in [2.45, 2.75) is 90.4 Å². The number of esters is 1. The minimum absolute atomic E-state index is 0.122. The van der Waals surface area contributed by atoms with E-state index in [0.717, 1.165) is 51.4 Å². The van der Waals surface area contributed by atoms with Crippen LogP contribution < -0.4 is 0 Å². The maximum Gasteiger partial charge on any atom is 0.305 e. The van der Waals surface area contributed by atoms with Crippen LogP contribution in [0.25, 0.3) is 0 Å². The number of ether oxygens (including phenoxy) is 1. The second-order valence-electron chi connectivity index (χ2n) is 5.55. The molecule has 0 fully saturated rings. The Morgan fingerprint density at radius 2 is 1.15 bits per heavy atom. The molecule has 20 heavy (non-hydrogen) atoms. The zero-order valence-electron chi connectivity index (χ0n) is 13.4. The van der Waals surface area contributed by atoms with E-state index < -0.39 is 0 Å². The second-order valence-corrected chi connectivity index (χ2v) is 5.55. The minimum Gasteiger partial charge on any atom is -0.469 e. The number of carbonyl (C=O) groups is 2. The molecule has 0 aliphatic carbocycles. The first kappa shape index (κ1) is 19.1. The van der Waals surface area contributed by atoms with E-state index in [1.165, 1.54) is 32.8 Å². The molecule has 0 aliphatic rings. The van der Waals surface area contributed by atoms with Gasteiger partial charge in [-0.3, -0.25) is 9.59 Å². The molecule has 0 N–H and O–H groups in total. The van der Waals surface area contributed by atoms with Gasteiger partial charge in [-0.1, -0.05) is 51.9 Å². The summed E-state index contributed by atoms with van der Waals surface area (Å²) in [5, 5.41) is 0. The van der Waals surface area contributed by atoms with E-state index in [1.54, 1.807) is 0 Å². The van der Waals surface area contributed by atoms with Gasteiger partial charge >= 0.3 is 5.97 Å². The van der Waals surface area contributed by atoms with Gasteiger partial charge in [-0.2, -0.15) is 0 Å². The zero-order chi connectivity index (χ0) is 15.1. The fraction of sp³-hybridized carbons (Fsp3) is 0.882. The van der Waals surface area contributed by atoms with Gasteiger partial charge in [-0.15, -0.1) is 0 Å². The van der Waals surface area contributed by atoms with E-state index in [1.807, 2.05) is 0 Å². The third kappa shape index (κ3) is 13.6. The van der Waals surface area contributed by atoms with Crippen LogP contribution in [-0.2, 0) is 14.3 Å². The third-order valence-corrected chi connectivity index (χ3v) is 3.62. The Balaban J connectivity index is 3.21. The molecule has 0 unspecified atom stereocenters. The molecule has 0 saturated carbocycles. The first-order valence-electron chi connectivity index (χ1n) is 8.29. The normalized spacial score (nSPS) is 10.5. The molecule has 118 valence electrons. The van der Waals surface area contributed by atoms with Gasteiger partial charge < -0.3 is 4.74 Å². The van der Waals surface area contributed by atoms with Crippen LogP contribution >= 0.6 is 0 Å². The average molecular weight is 284 g/mol. The molecule has 0 aliphatic heterocycles. The number of unbranched alkanes of at least 4 members (excludes halogenated alkanes) is 8. The van der Waals surface area contributed by atoms with Gasteiger partial charge in [-0.25, -0.2) is 0 Å². The van der Waals surface area contributed by atoms with Crippen molar-refractivity contribution in [1.82, 2.24) is 0 Å². The number of ketones is 1. The lowest BCUT2D eigenvalue weighted by atomic mass is 10.0. The highest BCUT2D eigenvalue weighted by atomic mass is 16.5. The van der Waals surface area contributed by atoms with Crippen LogP contribution in [-0.4, -0.2) is 18.9 Å². The Morgan fingerprint density at radius 3 is 1.65 bits per heavy atom. The van der Waals surface area contributed by atoms with Crippen LogP contribution in [0.5, 0.6) is 0 Å². The van der Waals surface area contributed by atoms with E-state index in [4.69, 9.17) is 0 Å². The summed E-state index contributed by atoms with van der Waals surface area (Å²) >= 11 is 0. The Bertz CT molecular complexity index is 249. The van der Waals surface area contributed by atoms with Crippen molar-refractivity contribution in [1.29, 1.82) is 0 Å². The lowest BCUT2D eigenvalue weighted by Crippen LogP contribution is -1.99. The molecular weight excluding hydrogens is 252 g/mol. The maximum atomic E-state index is 11.6. The molecule has 0 atom stereocenters. The predicted octanol–water partition coefficient (Wildman–Crippen LogP) is 4.82. The second kappa shape index (κ2) is 14.5. The average Bonchev–Trinajstić information content (AvgIpc) is 2.45. The first-order valence-corrected chi connectivity index (χ1v) is 8.29. The highest BCUT2D eigenvalue weighted by Crippen LogP contribution is 2.11. The molecule has 0 heterocycles. The maximum absolute atomic E-state index is 11.6. The van der Waals surface area contributed by atoms with Crippen molar-refractivity contribution < 1.29 is 14.3 Å². The summed E-state index contributed by atoms with van der Waals surface area (Å²) < 4.78 is 4.59. The molecule has 3 nitrogen and oxygen atoms in total. The number of hydrogen-bond donors (Lipinski definition) is 0. The highest BCUT2D eigenvalue weighted by molar-refractivity contribution is 5.78. The molecule has 3 heteroatoms. The lowest BCUT2D eigenvalue weighted by Gasteiger charge is -2.02. The molecule has 0 radical (unpaired) electrons. The van der Waals surface area contributed by atoms with Crippen LogP contribution in [0.1, 0.15) is 90.4 Å². The zero-order valence-corrected chi connectivity index (χ0v) is 13.4. The summed E-state index contributed by atoms with van der Waals surface area (Å²) in [6.45, 7) is 2.20. The summed E-state index contributed by atoms with van der Waals surface area (Å²) in [6.07, 6.45) is 13.3. The van der Waals surface area contributed by atoms with E-state index in [-0.39, 0.29) is 5.97 Å². The highest BCUT2D eigenvalue weighted by Gasteiger charge is 2.02. The summed E-state index contributed by atoms with van der Waals surface area (Å²) in [6, 6.07) is 0. The van der Waals surface area contributed by atoms with Gasteiger partial charge in [-0.05, 0) is 19.3 Å². The Kier molecular flexibility index (Phi) is 13.9. The smallest absolute Gasteiger partial charge is 0.305 e. The number of methoxy groups -OCH3 is 1. The van der Waals surface area contributed by atoms with E-state index in [0.29, 0.717) is 12.2 Å². The topological polar surface area (TPSA) is 43.4 Å². The molecule has 0 aromatic carbocycles. The fourth-order valence-corrected chi connectivity index (χ4v) is 2.27. The van der Waals surface area contributed by atoms with E-state index >= 15 is 0 Å². The van der Waals surface area contributed by atoms with Crippen molar-refractivity contribution in [2.75, 3.05) is 7.11 Å². The fourth-order valence-electron chi connectivity index (χ4n) is 2.27. The van der Waals surface area contributed by atoms with Crippen LogP contribution in [0.3, 0.4) is 0 Å². The summed E-state index contributed by atoms with van der Waals surface area (Å²) in [5.41, 5.74) is 0. The molecule has 0 aromatic rings. The van der Waals surface area contributed by atoms with Gasteiger partial charge in [0, 0.05) is 19.3 Å². The Labute approximate surface area is 124 Å². The van der Waals surface area contributed by atoms with Crippen LogP contribution in [0.4, 0.5) is 0 Å². The van der Waals surface area contributed by atoms with Gasteiger partial charge in [0.25, 0.3) is 0 Å². The van der Waals surface area contributed by atoms with Crippen molar-refractivity contribution >= 4 is 11.8 Å².